The summed E-state index contributed by atoms with van der Waals surface area (Å²) >= 11 is 0. The fourth-order valence-corrected chi connectivity index (χ4v) is 5.57. The highest BCUT2D eigenvalue weighted by Crippen LogP contribution is 2.46. The number of nitrogens with one attached hydrogen (secondary N) is 2. The molecule has 0 radical (unpaired) electrons. The van der Waals surface area contributed by atoms with Crippen LogP contribution in [0.1, 0.15) is 54.6 Å². The summed E-state index contributed by atoms with van der Waals surface area (Å²) in [5, 5.41) is 3.95. The summed E-state index contributed by atoms with van der Waals surface area (Å²) in [6.45, 7) is 4.36. The first kappa shape index (κ1) is 23.3. The van der Waals surface area contributed by atoms with Gasteiger partial charge in [0.15, 0.2) is 5.78 Å². The van der Waals surface area contributed by atoms with Crippen LogP contribution in [0.5, 0.6) is 0 Å². The SMILES string of the molecule is CC(C)(N)C(=O)N[C@H](Cc1c[nH]c2ccccc12)C(=O)N1CCC2(CC1)CC(=O)c1ccccc12. The van der Waals surface area contributed by atoms with Crippen molar-refractivity contribution in [2.75, 3.05) is 13.1 Å². The van der Waals surface area contributed by atoms with Crippen molar-refractivity contribution in [3.8, 4) is 0 Å². The molecule has 1 fully saturated rings. The first-order valence-electron chi connectivity index (χ1n) is 12.2. The van der Waals surface area contributed by atoms with Crippen molar-refractivity contribution >= 4 is 28.5 Å². The van der Waals surface area contributed by atoms with Gasteiger partial charge in [-0.1, -0.05) is 42.5 Å². The van der Waals surface area contributed by atoms with Crippen molar-refractivity contribution in [1.82, 2.24) is 15.2 Å². The van der Waals surface area contributed by atoms with E-state index in [1.165, 1.54) is 0 Å². The van der Waals surface area contributed by atoms with Gasteiger partial charge in [-0.2, -0.15) is 0 Å². The Hall–Kier alpha value is -3.45. The van der Waals surface area contributed by atoms with Gasteiger partial charge in [-0.15, -0.1) is 0 Å². The normalized spacial score (nSPS) is 18.0. The molecule has 2 aliphatic rings. The number of aromatic amines is 1. The lowest BCUT2D eigenvalue weighted by molar-refractivity contribution is -0.138. The van der Waals surface area contributed by atoms with E-state index in [-0.39, 0.29) is 23.0 Å². The number of likely N-dealkylation sites (tertiary alicyclic amines) is 1. The highest BCUT2D eigenvalue weighted by Gasteiger charge is 2.46. The van der Waals surface area contributed by atoms with Gasteiger partial charge in [0.25, 0.3) is 0 Å². The van der Waals surface area contributed by atoms with Crippen LogP contribution < -0.4 is 11.1 Å². The summed E-state index contributed by atoms with van der Waals surface area (Å²) in [6.07, 6.45) is 4.24. The van der Waals surface area contributed by atoms with Crippen LogP contribution in [0.15, 0.2) is 54.7 Å². The number of H-pyrrole nitrogens is 1. The van der Waals surface area contributed by atoms with E-state index >= 15 is 0 Å². The van der Waals surface area contributed by atoms with E-state index in [1.54, 1.807) is 13.8 Å². The van der Waals surface area contributed by atoms with Crippen molar-refractivity contribution < 1.29 is 14.4 Å². The third kappa shape index (κ3) is 4.25. The molecule has 3 aromatic rings. The number of hydrogen-bond donors (Lipinski definition) is 3. The minimum Gasteiger partial charge on any atom is -0.361 e. The smallest absolute Gasteiger partial charge is 0.245 e. The molecule has 1 aliphatic carbocycles. The van der Waals surface area contributed by atoms with E-state index in [0.717, 1.165) is 40.4 Å². The van der Waals surface area contributed by atoms with Gasteiger partial charge in [0.1, 0.15) is 6.04 Å². The molecule has 1 aliphatic heterocycles. The Labute approximate surface area is 205 Å². The molecular weight excluding hydrogens is 440 g/mol. The predicted octanol–water partition coefficient (Wildman–Crippen LogP) is 3.08. The molecular formula is C28H32N4O3. The molecule has 1 atom stereocenters. The molecule has 35 heavy (non-hydrogen) atoms. The lowest BCUT2D eigenvalue weighted by Crippen LogP contribution is -2.58. The molecule has 0 unspecified atom stereocenters. The van der Waals surface area contributed by atoms with Crippen LogP contribution in [0.2, 0.25) is 0 Å². The molecule has 0 saturated carbocycles. The number of para-hydroxylation sites is 1. The third-order valence-corrected chi connectivity index (χ3v) is 7.62. The Morgan fingerprint density at radius 2 is 1.80 bits per heavy atom. The maximum Gasteiger partial charge on any atom is 0.245 e. The largest absolute Gasteiger partial charge is 0.361 e. The Morgan fingerprint density at radius 3 is 2.54 bits per heavy atom. The molecule has 2 heterocycles. The Balaban J connectivity index is 1.36. The van der Waals surface area contributed by atoms with Gasteiger partial charge < -0.3 is 20.9 Å². The average molecular weight is 473 g/mol. The predicted molar refractivity (Wildman–Crippen MR) is 135 cm³/mol. The minimum atomic E-state index is -1.10. The van der Waals surface area contributed by atoms with Crippen molar-refractivity contribution in [2.45, 2.75) is 56.5 Å². The van der Waals surface area contributed by atoms with Crippen molar-refractivity contribution in [3.05, 3.63) is 71.4 Å². The number of fused-ring (bicyclic) bond motifs is 3. The Kier molecular flexibility index (Phi) is 5.75. The molecule has 7 nitrogen and oxygen atoms in total. The molecule has 0 bridgehead atoms. The van der Waals surface area contributed by atoms with Crippen molar-refractivity contribution in [2.24, 2.45) is 5.73 Å². The quantitative estimate of drug-likeness (QED) is 0.530. The summed E-state index contributed by atoms with van der Waals surface area (Å²) in [7, 11) is 0. The highest BCUT2D eigenvalue weighted by atomic mass is 16.2. The van der Waals surface area contributed by atoms with Crippen LogP contribution in [0.25, 0.3) is 10.9 Å². The number of amides is 2. The monoisotopic (exact) mass is 472 g/mol. The molecule has 2 aromatic carbocycles. The summed E-state index contributed by atoms with van der Waals surface area (Å²) in [6, 6.07) is 15.0. The number of Topliss-reactive ketones (excluding diaryl/α,β-unsaturated/α-hetero) is 1. The number of carbonyl (C=O) groups is 3. The first-order chi connectivity index (χ1) is 16.7. The zero-order valence-corrected chi connectivity index (χ0v) is 20.3. The standard InChI is InChI=1S/C28H32N4O3/c1-27(2,29)26(35)31-23(15-18-17-30-22-10-6-4-7-19(18)22)25(34)32-13-11-28(12-14-32)16-24(33)20-8-3-5-9-21(20)28/h3-10,17,23,30H,11-16,29H2,1-2H3,(H,31,35)/t23-/m1/s1. The summed E-state index contributed by atoms with van der Waals surface area (Å²) in [5.41, 5.74) is 8.64. The van der Waals surface area contributed by atoms with Crippen LogP contribution in [-0.4, -0.2) is 52.2 Å². The van der Waals surface area contributed by atoms with E-state index < -0.39 is 11.6 Å². The van der Waals surface area contributed by atoms with Gasteiger partial charge in [-0.05, 0) is 43.9 Å². The van der Waals surface area contributed by atoms with E-state index in [2.05, 4.69) is 16.4 Å². The minimum absolute atomic E-state index is 0.111. The van der Waals surface area contributed by atoms with E-state index in [0.29, 0.717) is 25.9 Å². The third-order valence-electron chi connectivity index (χ3n) is 7.62. The maximum atomic E-state index is 13.7. The molecule has 1 spiro atoms. The number of carbonyl (C=O) groups excluding carboxylic acids is 3. The van der Waals surface area contributed by atoms with Crippen molar-refractivity contribution in [1.29, 1.82) is 0 Å². The molecule has 4 N–H and O–H groups in total. The number of benzene rings is 2. The van der Waals surface area contributed by atoms with Gasteiger partial charge in [0, 0.05) is 54.0 Å². The number of ketones is 1. The van der Waals surface area contributed by atoms with Gasteiger partial charge in [0.2, 0.25) is 11.8 Å². The van der Waals surface area contributed by atoms with Gasteiger partial charge >= 0.3 is 0 Å². The summed E-state index contributed by atoms with van der Waals surface area (Å²) in [4.78, 5) is 44.2. The number of aromatic nitrogens is 1. The second-order valence-corrected chi connectivity index (χ2v) is 10.6. The highest BCUT2D eigenvalue weighted by molar-refractivity contribution is 6.02. The van der Waals surface area contributed by atoms with E-state index in [9.17, 15) is 14.4 Å². The van der Waals surface area contributed by atoms with E-state index in [1.807, 2.05) is 53.6 Å². The summed E-state index contributed by atoms with van der Waals surface area (Å²) < 4.78 is 0. The van der Waals surface area contributed by atoms with Crippen LogP contribution in [0.3, 0.4) is 0 Å². The Morgan fingerprint density at radius 1 is 1.11 bits per heavy atom. The maximum absolute atomic E-state index is 13.7. The molecule has 5 rings (SSSR count). The van der Waals surface area contributed by atoms with Crippen LogP contribution >= 0.6 is 0 Å². The number of nitrogens with zero attached hydrogens (tertiary/aromatic N) is 1. The van der Waals surface area contributed by atoms with E-state index in [4.69, 9.17) is 5.73 Å². The number of nitrogens with two attached hydrogens (primary N) is 1. The fraction of sp³-hybridized carbons (Fsp3) is 0.393. The van der Waals surface area contributed by atoms with Crippen molar-refractivity contribution in [3.63, 3.8) is 0 Å². The lowest BCUT2D eigenvalue weighted by atomic mass is 9.73. The van der Waals surface area contributed by atoms with Gasteiger partial charge in [0.05, 0.1) is 5.54 Å². The number of piperidine rings is 1. The van der Waals surface area contributed by atoms with Crippen LogP contribution in [-0.2, 0) is 21.4 Å². The topological polar surface area (TPSA) is 108 Å². The Bertz CT molecular complexity index is 1290. The van der Waals surface area contributed by atoms with Crippen LogP contribution in [0, 0.1) is 0 Å². The summed E-state index contributed by atoms with van der Waals surface area (Å²) in [5.74, 6) is -0.283. The molecule has 1 aromatic heterocycles. The second-order valence-electron chi connectivity index (χ2n) is 10.6. The zero-order valence-electron chi connectivity index (χ0n) is 20.3. The molecule has 1 saturated heterocycles. The molecule has 7 heteroatoms. The fourth-order valence-electron chi connectivity index (χ4n) is 5.57. The van der Waals surface area contributed by atoms with Gasteiger partial charge in [-0.3, -0.25) is 14.4 Å². The number of rotatable bonds is 5. The molecule has 182 valence electrons. The van der Waals surface area contributed by atoms with Gasteiger partial charge in [-0.25, -0.2) is 0 Å². The second kappa shape index (κ2) is 8.64. The average Bonchev–Trinajstić information content (AvgIpc) is 3.37. The lowest BCUT2D eigenvalue weighted by Gasteiger charge is -2.41. The van der Waals surface area contributed by atoms with Crippen LogP contribution in [0.4, 0.5) is 0 Å². The molecule has 2 amide bonds. The zero-order chi connectivity index (χ0) is 24.8. The first-order valence-corrected chi connectivity index (χ1v) is 12.2. The number of hydrogen-bond acceptors (Lipinski definition) is 4.